The lowest BCUT2D eigenvalue weighted by Gasteiger charge is -2.20. The van der Waals surface area contributed by atoms with Crippen molar-refractivity contribution in [2.45, 2.75) is 12.8 Å². The molecule has 2 heterocycles. The second-order valence-corrected chi connectivity index (χ2v) is 5.55. The minimum Gasteiger partial charge on any atom is -0.355 e. The minimum absolute atomic E-state index is 0.0176. The van der Waals surface area contributed by atoms with Crippen LogP contribution in [-0.2, 0) is 9.59 Å². The van der Waals surface area contributed by atoms with Crippen LogP contribution in [0.15, 0.2) is 24.3 Å². The Morgan fingerprint density at radius 3 is 3.00 bits per heavy atom. The number of para-hydroxylation sites is 1. The van der Waals surface area contributed by atoms with Crippen molar-refractivity contribution in [2.24, 2.45) is 5.92 Å². The van der Waals surface area contributed by atoms with Gasteiger partial charge in [-0.2, -0.15) is 0 Å². The van der Waals surface area contributed by atoms with E-state index < -0.39 is 0 Å². The number of thiazole rings is 1. The van der Waals surface area contributed by atoms with Crippen molar-refractivity contribution in [1.29, 1.82) is 0 Å². The Balaban J connectivity index is 1.70. The van der Waals surface area contributed by atoms with Crippen molar-refractivity contribution in [2.75, 3.05) is 11.9 Å². The number of hydrogen-bond donors (Lipinski definition) is 2. The maximum Gasteiger partial charge on any atom is 0.231 e. The SMILES string of the molecule is O=C1CC[C@@H](C(=O)Nc2nc3ccccc3s2)CN1. The predicted molar refractivity (Wildman–Crippen MR) is 74.0 cm³/mol. The summed E-state index contributed by atoms with van der Waals surface area (Å²) in [6.45, 7) is 0.412. The molecule has 0 spiro atoms. The highest BCUT2D eigenvalue weighted by atomic mass is 32.1. The van der Waals surface area contributed by atoms with Crippen LogP contribution in [0, 0.1) is 5.92 Å². The molecule has 5 nitrogen and oxygen atoms in total. The molecule has 1 aliphatic rings. The number of rotatable bonds is 2. The predicted octanol–water partition coefficient (Wildman–Crippen LogP) is 1.76. The molecule has 2 amide bonds. The first-order chi connectivity index (χ1) is 9.22. The highest BCUT2D eigenvalue weighted by molar-refractivity contribution is 7.22. The van der Waals surface area contributed by atoms with Gasteiger partial charge in [0.05, 0.1) is 16.1 Å². The van der Waals surface area contributed by atoms with Gasteiger partial charge in [0.25, 0.3) is 0 Å². The van der Waals surface area contributed by atoms with Crippen LogP contribution in [0.1, 0.15) is 12.8 Å². The van der Waals surface area contributed by atoms with Gasteiger partial charge in [0.1, 0.15) is 0 Å². The van der Waals surface area contributed by atoms with E-state index in [0.29, 0.717) is 24.5 Å². The third-order valence-electron chi connectivity index (χ3n) is 3.16. The zero-order valence-electron chi connectivity index (χ0n) is 10.2. The quantitative estimate of drug-likeness (QED) is 0.877. The van der Waals surface area contributed by atoms with Gasteiger partial charge in [-0.15, -0.1) is 0 Å². The van der Waals surface area contributed by atoms with Gasteiger partial charge in [0, 0.05) is 13.0 Å². The first kappa shape index (κ1) is 12.1. The van der Waals surface area contributed by atoms with Gasteiger partial charge < -0.3 is 10.6 Å². The Morgan fingerprint density at radius 2 is 2.26 bits per heavy atom. The molecule has 1 saturated heterocycles. The van der Waals surface area contributed by atoms with Crippen LogP contribution in [0.2, 0.25) is 0 Å². The van der Waals surface area contributed by atoms with E-state index in [2.05, 4.69) is 15.6 Å². The maximum atomic E-state index is 12.1. The molecular formula is C13H13N3O2S. The number of nitrogens with zero attached hydrogens (tertiary/aromatic N) is 1. The van der Waals surface area contributed by atoms with Crippen LogP contribution in [-0.4, -0.2) is 23.3 Å². The Morgan fingerprint density at radius 1 is 1.42 bits per heavy atom. The van der Waals surface area contributed by atoms with Crippen LogP contribution in [0.25, 0.3) is 10.2 Å². The standard InChI is InChI=1S/C13H13N3O2S/c17-11-6-5-8(7-14-11)12(18)16-13-15-9-3-1-2-4-10(9)19-13/h1-4,8H,5-7H2,(H,14,17)(H,15,16,18)/t8-/m1/s1. The van der Waals surface area contributed by atoms with Gasteiger partial charge in [0.2, 0.25) is 11.8 Å². The first-order valence-corrected chi connectivity index (χ1v) is 6.97. The molecule has 0 radical (unpaired) electrons. The van der Waals surface area contributed by atoms with E-state index in [0.717, 1.165) is 10.2 Å². The minimum atomic E-state index is -0.162. The second kappa shape index (κ2) is 4.97. The molecule has 0 saturated carbocycles. The van der Waals surface area contributed by atoms with Crippen molar-refractivity contribution >= 4 is 38.5 Å². The number of carbonyl (C=O) groups is 2. The number of amides is 2. The van der Waals surface area contributed by atoms with E-state index >= 15 is 0 Å². The summed E-state index contributed by atoms with van der Waals surface area (Å²) in [5, 5.41) is 6.16. The maximum absolute atomic E-state index is 12.1. The van der Waals surface area contributed by atoms with Crippen LogP contribution in [0.3, 0.4) is 0 Å². The zero-order chi connectivity index (χ0) is 13.2. The number of benzene rings is 1. The largest absolute Gasteiger partial charge is 0.355 e. The van der Waals surface area contributed by atoms with Gasteiger partial charge >= 0.3 is 0 Å². The van der Waals surface area contributed by atoms with Crippen molar-refractivity contribution in [3.05, 3.63) is 24.3 Å². The smallest absolute Gasteiger partial charge is 0.231 e. The molecular weight excluding hydrogens is 262 g/mol. The van der Waals surface area contributed by atoms with Crippen molar-refractivity contribution in [3.8, 4) is 0 Å². The highest BCUT2D eigenvalue weighted by Gasteiger charge is 2.25. The van der Waals surface area contributed by atoms with Crippen LogP contribution in [0.4, 0.5) is 5.13 Å². The third kappa shape index (κ3) is 2.58. The van der Waals surface area contributed by atoms with Crippen molar-refractivity contribution in [3.63, 3.8) is 0 Å². The molecule has 1 aromatic heterocycles. The van der Waals surface area contributed by atoms with Crippen LogP contribution >= 0.6 is 11.3 Å². The summed E-state index contributed by atoms with van der Waals surface area (Å²) in [5.41, 5.74) is 0.889. The van der Waals surface area contributed by atoms with E-state index in [9.17, 15) is 9.59 Å². The van der Waals surface area contributed by atoms with Crippen LogP contribution in [0.5, 0.6) is 0 Å². The van der Waals surface area contributed by atoms with E-state index in [-0.39, 0.29) is 17.7 Å². The second-order valence-electron chi connectivity index (χ2n) is 4.52. The molecule has 0 unspecified atom stereocenters. The molecule has 3 rings (SSSR count). The average Bonchev–Trinajstić information content (AvgIpc) is 2.81. The molecule has 0 bridgehead atoms. The summed E-state index contributed by atoms with van der Waals surface area (Å²) in [4.78, 5) is 27.5. The molecule has 1 fully saturated rings. The summed E-state index contributed by atoms with van der Waals surface area (Å²) in [6.07, 6.45) is 1.01. The summed E-state index contributed by atoms with van der Waals surface area (Å²) < 4.78 is 1.05. The topological polar surface area (TPSA) is 71.1 Å². The van der Waals surface area contributed by atoms with Gasteiger partial charge in [-0.3, -0.25) is 9.59 Å². The average molecular weight is 275 g/mol. The fourth-order valence-electron chi connectivity index (χ4n) is 2.09. The van der Waals surface area contributed by atoms with E-state index in [1.54, 1.807) is 0 Å². The molecule has 1 aromatic carbocycles. The lowest BCUT2D eigenvalue weighted by molar-refractivity contribution is -0.126. The molecule has 0 aliphatic carbocycles. The third-order valence-corrected chi connectivity index (χ3v) is 4.11. The molecule has 2 aromatic rings. The number of nitrogens with one attached hydrogen (secondary N) is 2. The molecule has 1 atom stereocenters. The van der Waals surface area contributed by atoms with Gasteiger partial charge in [0.15, 0.2) is 5.13 Å². The molecule has 2 N–H and O–H groups in total. The number of fused-ring (bicyclic) bond motifs is 1. The lowest BCUT2D eigenvalue weighted by Crippen LogP contribution is -2.40. The van der Waals surface area contributed by atoms with Crippen LogP contribution < -0.4 is 10.6 Å². The summed E-state index contributed by atoms with van der Waals surface area (Å²) in [5.74, 6) is -0.215. The number of carbonyl (C=O) groups excluding carboxylic acids is 2. The van der Waals surface area contributed by atoms with Crippen molar-refractivity contribution < 1.29 is 9.59 Å². The van der Waals surface area contributed by atoms with Gasteiger partial charge in [-0.05, 0) is 18.6 Å². The molecule has 98 valence electrons. The molecule has 6 heteroatoms. The summed E-state index contributed by atoms with van der Waals surface area (Å²) in [6, 6.07) is 7.76. The normalized spacial score (nSPS) is 19.2. The first-order valence-electron chi connectivity index (χ1n) is 6.15. The van der Waals surface area contributed by atoms with Gasteiger partial charge in [-0.1, -0.05) is 23.5 Å². The fourth-order valence-corrected chi connectivity index (χ4v) is 2.96. The number of anilines is 1. The monoisotopic (exact) mass is 275 g/mol. The number of hydrogen-bond acceptors (Lipinski definition) is 4. The Kier molecular flexibility index (Phi) is 3.16. The number of aromatic nitrogens is 1. The zero-order valence-corrected chi connectivity index (χ0v) is 11.0. The van der Waals surface area contributed by atoms with E-state index in [1.807, 2.05) is 24.3 Å². The summed E-state index contributed by atoms with van der Waals surface area (Å²) in [7, 11) is 0. The van der Waals surface area contributed by atoms with Gasteiger partial charge in [-0.25, -0.2) is 4.98 Å². The Hall–Kier alpha value is -1.95. The van der Waals surface area contributed by atoms with E-state index in [1.165, 1.54) is 11.3 Å². The number of piperidine rings is 1. The Labute approximate surface area is 114 Å². The molecule has 1 aliphatic heterocycles. The Bertz CT molecular complexity index is 595. The lowest BCUT2D eigenvalue weighted by atomic mass is 9.98. The highest BCUT2D eigenvalue weighted by Crippen LogP contribution is 2.26. The fraction of sp³-hybridized carbons (Fsp3) is 0.308. The van der Waals surface area contributed by atoms with E-state index in [4.69, 9.17) is 0 Å². The van der Waals surface area contributed by atoms with Crippen molar-refractivity contribution in [1.82, 2.24) is 10.3 Å². The summed E-state index contributed by atoms with van der Waals surface area (Å²) >= 11 is 1.46. The molecule has 19 heavy (non-hydrogen) atoms.